The van der Waals surface area contributed by atoms with Crippen LogP contribution in [0.4, 0.5) is 10.5 Å². The molecule has 1 aromatic rings. The second kappa shape index (κ2) is 9.15. The second-order valence-corrected chi connectivity index (χ2v) is 4.73. The Bertz CT molecular complexity index is 414. The van der Waals surface area contributed by atoms with Crippen LogP contribution in [0.3, 0.4) is 0 Å². The summed E-state index contributed by atoms with van der Waals surface area (Å²) in [4.78, 5) is 12.7. The molecule has 1 rings (SSSR count). The quantitative estimate of drug-likeness (QED) is 0.667. The maximum absolute atomic E-state index is 11.9. The SMILES string of the molecule is COCCC[NH+](C)C(=O)Nc1cc(Cl)ccc1C.[Cl-]. The van der Waals surface area contributed by atoms with Crippen molar-refractivity contribution in [3.63, 3.8) is 0 Å². The van der Waals surface area contributed by atoms with E-state index >= 15 is 0 Å². The summed E-state index contributed by atoms with van der Waals surface area (Å²) < 4.78 is 4.96. The largest absolute Gasteiger partial charge is 1.00 e. The number of anilines is 1. The van der Waals surface area contributed by atoms with Gasteiger partial charge in [-0.15, -0.1) is 0 Å². The number of quaternary nitrogens is 1. The fourth-order valence-corrected chi connectivity index (χ4v) is 1.73. The molecule has 0 radical (unpaired) electrons. The van der Waals surface area contributed by atoms with E-state index in [1.54, 1.807) is 13.2 Å². The highest BCUT2D eigenvalue weighted by Crippen LogP contribution is 2.19. The van der Waals surface area contributed by atoms with Crippen molar-refractivity contribution in [2.75, 3.05) is 32.6 Å². The second-order valence-electron chi connectivity index (χ2n) is 4.29. The molecule has 0 spiro atoms. The van der Waals surface area contributed by atoms with Crippen molar-refractivity contribution in [3.05, 3.63) is 28.8 Å². The third kappa shape index (κ3) is 6.25. The molecule has 19 heavy (non-hydrogen) atoms. The van der Waals surface area contributed by atoms with E-state index in [2.05, 4.69) is 5.32 Å². The number of aryl methyl sites for hydroxylation is 1. The van der Waals surface area contributed by atoms with Gasteiger partial charge in [0.05, 0.1) is 25.9 Å². The van der Waals surface area contributed by atoms with Crippen LogP contribution >= 0.6 is 11.6 Å². The molecule has 4 nitrogen and oxygen atoms in total. The molecule has 0 aliphatic heterocycles. The first kappa shape index (κ1) is 18.2. The molecule has 0 bridgehead atoms. The Balaban J connectivity index is 0.00000324. The predicted molar refractivity (Wildman–Crippen MR) is 73.5 cm³/mol. The minimum Gasteiger partial charge on any atom is -1.00 e. The van der Waals surface area contributed by atoms with Crippen molar-refractivity contribution in [1.29, 1.82) is 0 Å². The smallest absolute Gasteiger partial charge is 0.419 e. The number of amides is 2. The number of nitrogens with one attached hydrogen (secondary N) is 2. The van der Waals surface area contributed by atoms with Gasteiger partial charge >= 0.3 is 6.03 Å². The average Bonchev–Trinajstić information content (AvgIpc) is 2.34. The number of rotatable bonds is 5. The van der Waals surface area contributed by atoms with Crippen molar-refractivity contribution < 1.29 is 26.8 Å². The molecule has 0 aliphatic rings. The molecule has 2 amide bonds. The fraction of sp³-hybridized carbons (Fsp3) is 0.462. The van der Waals surface area contributed by atoms with E-state index in [0.717, 1.165) is 29.1 Å². The van der Waals surface area contributed by atoms with E-state index < -0.39 is 0 Å². The van der Waals surface area contributed by atoms with Gasteiger partial charge < -0.3 is 17.1 Å². The number of halogens is 2. The lowest BCUT2D eigenvalue weighted by molar-refractivity contribution is -0.790. The number of ether oxygens (including phenoxy) is 1. The van der Waals surface area contributed by atoms with Crippen LogP contribution in [-0.4, -0.2) is 33.3 Å². The third-order valence-corrected chi connectivity index (χ3v) is 2.97. The Morgan fingerprint density at radius 2 is 2.16 bits per heavy atom. The van der Waals surface area contributed by atoms with Crippen molar-refractivity contribution in [1.82, 2.24) is 0 Å². The highest BCUT2D eigenvalue weighted by molar-refractivity contribution is 6.30. The molecule has 0 aliphatic carbocycles. The number of methoxy groups -OCH3 is 1. The Labute approximate surface area is 125 Å². The summed E-state index contributed by atoms with van der Waals surface area (Å²) in [6.45, 7) is 3.34. The summed E-state index contributed by atoms with van der Waals surface area (Å²) in [5, 5.41) is 3.49. The van der Waals surface area contributed by atoms with Gasteiger partial charge in [0.2, 0.25) is 0 Å². The van der Waals surface area contributed by atoms with E-state index in [1.807, 2.05) is 26.1 Å². The Morgan fingerprint density at radius 1 is 1.47 bits per heavy atom. The summed E-state index contributed by atoms with van der Waals surface area (Å²) in [5.74, 6) is 0. The van der Waals surface area contributed by atoms with Crippen LogP contribution in [0.1, 0.15) is 12.0 Å². The summed E-state index contributed by atoms with van der Waals surface area (Å²) in [6.07, 6.45) is 0.851. The van der Waals surface area contributed by atoms with E-state index in [4.69, 9.17) is 16.3 Å². The maximum atomic E-state index is 11.9. The van der Waals surface area contributed by atoms with Crippen LogP contribution in [0, 0.1) is 6.92 Å². The Hall–Kier alpha value is -0.810. The van der Waals surface area contributed by atoms with Gasteiger partial charge in [0.1, 0.15) is 0 Å². The number of hydrogen-bond donors (Lipinski definition) is 2. The van der Waals surface area contributed by atoms with Crippen LogP contribution in [0.5, 0.6) is 0 Å². The van der Waals surface area contributed by atoms with E-state index in [0.29, 0.717) is 11.6 Å². The molecule has 1 atom stereocenters. The van der Waals surface area contributed by atoms with Crippen LogP contribution < -0.4 is 22.6 Å². The first-order chi connectivity index (χ1) is 8.54. The molecule has 6 heteroatoms. The molecule has 1 unspecified atom stereocenters. The molecule has 0 saturated heterocycles. The van der Waals surface area contributed by atoms with Crippen LogP contribution in [-0.2, 0) is 4.74 Å². The monoisotopic (exact) mass is 306 g/mol. The van der Waals surface area contributed by atoms with E-state index in [-0.39, 0.29) is 18.4 Å². The zero-order chi connectivity index (χ0) is 13.5. The minimum absolute atomic E-state index is 0. The fourth-order valence-electron chi connectivity index (χ4n) is 1.55. The highest BCUT2D eigenvalue weighted by Gasteiger charge is 2.15. The maximum Gasteiger partial charge on any atom is 0.419 e. The van der Waals surface area contributed by atoms with Crippen molar-refractivity contribution in [3.8, 4) is 0 Å². The first-order valence-electron chi connectivity index (χ1n) is 5.93. The van der Waals surface area contributed by atoms with Crippen LogP contribution in [0.25, 0.3) is 0 Å². The van der Waals surface area contributed by atoms with Crippen molar-refractivity contribution in [2.45, 2.75) is 13.3 Å². The van der Waals surface area contributed by atoms with E-state index in [1.165, 1.54) is 0 Å². The molecule has 1 aromatic carbocycles. The van der Waals surface area contributed by atoms with Gasteiger partial charge in [-0.3, -0.25) is 10.2 Å². The lowest BCUT2D eigenvalue weighted by Gasteiger charge is -2.13. The molecule has 0 saturated carbocycles. The molecule has 0 aromatic heterocycles. The number of benzene rings is 1. The predicted octanol–water partition coefficient (Wildman–Crippen LogP) is -1.26. The lowest BCUT2D eigenvalue weighted by atomic mass is 10.2. The lowest BCUT2D eigenvalue weighted by Crippen LogP contribution is -3.12. The number of carbonyl (C=O) groups is 1. The zero-order valence-electron chi connectivity index (χ0n) is 11.4. The minimum atomic E-state index is -0.0588. The summed E-state index contributed by atoms with van der Waals surface area (Å²) in [6, 6.07) is 5.40. The summed E-state index contributed by atoms with van der Waals surface area (Å²) in [5.41, 5.74) is 1.76. The standard InChI is InChI=1S/C13H19ClN2O2.ClH/c1-10-5-6-11(14)9-12(10)15-13(17)16(2)7-4-8-18-3;/h5-6,9H,4,7-8H2,1-3H3,(H,15,17);1H. The molecule has 108 valence electrons. The molecular formula is C13H20Cl2N2O2. The Morgan fingerprint density at radius 3 is 2.79 bits per heavy atom. The molecule has 0 heterocycles. The summed E-state index contributed by atoms with van der Waals surface area (Å²) >= 11 is 5.91. The van der Waals surface area contributed by atoms with Crippen molar-refractivity contribution in [2.24, 2.45) is 0 Å². The van der Waals surface area contributed by atoms with Gasteiger partial charge in [-0.2, -0.15) is 0 Å². The first-order valence-corrected chi connectivity index (χ1v) is 6.31. The molecule has 2 N–H and O–H groups in total. The van der Waals surface area contributed by atoms with Gasteiger partial charge in [-0.25, -0.2) is 4.79 Å². The van der Waals surface area contributed by atoms with E-state index in [9.17, 15) is 4.79 Å². The normalized spacial score (nSPS) is 11.6. The van der Waals surface area contributed by atoms with Crippen LogP contribution in [0.15, 0.2) is 18.2 Å². The van der Waals surface area contributed by atoms with Gasteiger partial charge in [-0.05, 0) is 24.6 Å². The topological polar surface area (TPSA) is 42.8 Å². The Kier molecular flexibility index (Phi) is 8.76. The van der Waals surface area contributed by atoms with Gasteiger partial charge in [0, 0.05) is 18.6 Å². The van der Waals surface area contributed by atoms with Crippen LogP contribution in [0.2, 0.25) is 5.02 Å². The number of hydrogen-bond acceptors (Lipinski definition) is 2. The highest BCUT2D eigenvalue weighted by atomic mass is 35.5. The number of carbonyl (C=O) groups excluding carboxylic acids is 1. The van der Waals surface area contributed by atoms with Gasteiger partial charge in [-0.1, -0.05) is 17.7 Å². The third-order valence-electron chi connectivity index (χ3n) is 2.74. The van der Waals surface area contributed by atoms with Gasteiger partial charge in [0.15, 0.2) is 0 Å². The zero-order valence-corrected chi connectivity index (χ0v) is 12.9. The number of urea groups is 1. The molecule has 0 fully saturated rings. The van der Waals surface area contributed by atoms with Gasteiger partial charge in [0.25, 0.3) is 0 Å². The summed E-state index contributed by atoms with van der Waals surface area (Å²) in [7, 11) is 3.50. The molecular weight excluding hydrogens is 287 g/mol. The van der Waals surface area contributed by atoms with Crippen molar-refractivity contribution >= 4 is 23.3 Å². The average molecular weight is 307 g/mol.